The second kappa shape index (κ2) is 7.20. The highest BCUT2D eigenvalue weighted by Crippen LogP contribution is 2.19. The SMILES string of the molecule is COCC(O)C(O)c1ccc(Cc2ccccc2)cc1. The van der Waals surface area contributed by atoms with Crippen LogP contribution in [0.25, 0.3) is 0 Å². The number of methoxy groups -OCH3 is 1. The number of benzene rings is 2. The molecule has 106 valence electrons. The van der Waals surface area contributed by atoms with Gasteiger partial charge in [-0.25, -0.2) is 0 Å². The summed E-state index contributed by atoms with van der Waals surface area (Å²) in [4.78, 5) is 0. The highest BCUT2D eigenvalue weighted by atomic mass is 16.5. The monoisotopic (exact) mass is 272 g/mol. The molecule has 0 spiro atoms. The summed E-state index contributed by atoms with van der Waals surface area (Å²) in [6, 6.07) is 17.9. The average Bonchev–Trinajstić information content (AvgIpc) is 2.48. The van der Waals surface area contributed by atoms with E-state index >= 15 is 0 Å². The van der Waals surface area contributed by atoms with E-state index in [1.807, 2.05) is 42.5 Å². The van der Waals surface area contributed by atoms with Crippen LogP contribution in [0.1, 0.15) is 22.8 Å². The fourth-order valence-corrected chi connectivity index (χ4v) is 2.15. The Hall–Kier alpha value is -1.68. The molecule has 0 fully saturated rings. The lowest BCUT2D eigenvalue weighted by molar-refractivity contribution is -0.0273. The Morgan fingerprint density at radius 1 is 0.900 bits per heavy atom. The van der Waals surface area contributed by atoms with E-state index in [4.69, 9.17) is 4.74 Å². The van der Waals surface area contributed by atoms with E-state index in [0.29, 0.717) is 5.56 Å². The summed E-state index contributed by atoms with van der Waals surface area (Å²) in [5.74, 6) is 0. The number of hydrogen-bond acceptors (Lipinski definition) is 3. The third-order valence-corrected chi connectivity index (χ3v) is 3.27. The van der Waals surface area contributed by atoms with Gasteiger partial charge in [0.1, 0.15) is 12.2 Å². The van der Waals surface area contributed by atoms with Crippen LogP contribution < -0.4 is 0 Å². The minimum atomic E-state index is -0.916. The highest BCUT2D eigenvalue weighted by Gasteiger charge is 2.17. The van der Waals surface area contributed by atoms with Crippen molar-refractivity contribution in [1.82, 2.24) is 0 Å². The molecule has 3 heteroatoms. The molecule has 0 bridgehead atoms. The van der Waals surface area contributed by atoms with Crippen LogP contribution in [-0.2, 0) is 11.2 Å². The van der Waals surface area contributed by atoms with Gasteiger partial charge in [0.05, 0.1) is 6.61 Å². The minimum Gasteiger partial charge on any atom is -0.388 e. The van der Waals surface area contributed by atoms with Crippen molar-refractivity contribution in [1.29, 1.82) is 0 Å². The molecule has 0 heterocycles. The maximum Gasteiger partial charge on any atom is 0.107 e. The summed E-state index contributed by atoms with van der Waals surface area (Å²) in [6.45, 7) is 0.118. The maximum atomic E-state index is 9.97. The zero-order valence-electron chi connectivity index (χ0n) is 11.6. The normalized spacial score (nSPS) is 13.9. The lowest BCUT2D eigenvalue weighted by Gasteiger charge is -2.17. The Morgan fingerprint density at radius 2 is 1.50 bits per heavy atom. The van der Waals surface area contributed by atoms with E-state index in [0.717, 1.165) is 6.42 Å². The molecule has 2 aromatic carbocycles. The second-order valence-corrected chi connectivity index (χ2v) is 4.87. The Bertz CT molecular complexity index is 508. The van der Waals surface area contributed by atoms with Gasteiger partial charge in [0.2, 0.25) is 0 Å². The largest absolute Gasteiger partial charge is 0.388 e. The molecule has 2 aromatic rings. The van der Waals surface area contributed by atoms with Crippen LogP contribution in [0.3, 0.4) is 0 Å². The molecule has 0 aromatic heterocycles. The molecule has 0 amide bonds. The van der Waals surface area contributed by atoms with Gasteiger partial charge in [-0.3, -0.25) is 0 Å². The topological polar surface area (TPSA) is 49.7 Å². The third-order valence-electron chi connectivity index (χ3n) is 3.27. The number of rotatable bonds is 6. The molecule has 0 aliphatic rings. The number of hydrogen-bond donors (Lipinski definition) is 2. The molecule has 20 heavy (non-hydrogen) atoms. The standard InChI is InChI=1S/C17H20O3/c1-20-12-16(18)17(19)15-9-7-14(8-10-15)11-13-5-3-2-4-6-13/h2-10,16-19H,11-12H2,1H3. The molecule has 2 unspecified atom stereocenters. The zero-order chi connectivity index (χ0) is 14.4. The van der Waals surface area contributed by atoms with Gasteiger partial charge in [-0.05, 0) is 23.1 Å². The predicted octanol–water partition coefficient (Wildman–Crippen LogP) is 2.32. The van der Waals surface area contributed by atoms with Gasteiger partial charge >= 0.3 is 0 Å². The van der Waals surface area contributed by atoms with E-state index < -0.39 is 12.2 Å². The van der Waals surface area contributed by atoms with E-state index in [-0.39, 0.29) is 6.61 Å². The minimum absolute atomic E-state index is 0.118. The lowest BCUT2D eigenvalue weighted by atomic mass is 10.00. The van der Waals surface area contributed by atoms with Gasteiger partial charge < -0.3 is 14.9 Å². The lowest BCUT2D eigenvalue weighted by Crippen LogP contribution is -2.23. The van der Waals surface area contributed by atoms with Crippen molar-refractivity contribution < 1.29 is 14.9 Å². The van der Waals surface area contributed by atoms with Gasteiger partial charge in [0.25, 0.3) is 0 Å². The summed E-state index contributed by atoms with van der Waals surface area (Å²) in [6.07, 6.45) is -0.960. The molecule has 0 saturated heterocycles. The number of aliphatic hydroxyl groups excluding tert-OH is 2. The van der Waals surface area contributed by atoms with Crippen molar-refractivity contribution in [2.24, 2.45) is 0 Å². The van der Waals surface area contributed by atoms with Crippen LogP contribution in [0.5, 0.6) is 0 Å². The number of aliphatic hydroxyl groups is 2. The van der Waals surface area contributed by atoms with Crippen LogP contribution in [0, 0.1) is 0 Å². The molecule has 2 N–H and O–H groups in total. The summed E-state index contributed by atoms with van der Waals surface area (Å²) in [5, 5.41) is 19.7. The molecule has 2 atom stereocenters. The Labute approximate surface area is 119 Å². The summed E-state index contributed by atoms with van der Waals surface area (Å²) in [5.41, 5.74) is 3.12. The second-order valence-electron chi connectivity index (χ2n) is 4.87. The first kappa shape index (κ1) is 14.7. The molecule has 0 aliphatic heterocycles. The van der Waals surface area contributed by atoms with Crippen molar-refractivity contribution in [2.75, 3.05) is 13.7 Å². The van der Waals surface area contributed by atoms with Crippen LogP contribution >= 0.6 is 0 Å². The van der Waals surface area contributed by atoms with Gasteiger partial charge in [-0.15, -0.1) is 0 Å². The predicted molar refractivity (Wildman–Crippen MR) is 78.5 cm³/mol. The smallest absolute Gasteiger partial charge is 0.107 e. The molecule has 0 saturated carbocycles. The van der Waals surface area contributed by atoms with Crippen LogP contribution in [0.2, 0.25) is 0 Å². The van der Waals surface area contributed by atoms with Crippen molar-refractivity contribution >= 4 is 0 Å². The quantitative estimate of drug-likeness (QED) is 0.848. The van der Waals surface area contributed by atoms with Gasteiger partial charge in [0.15, 0.2) is 0 Å². The highest BCUT2D eigenvalue weighted by molar-refractivity contribution is 5.29. The van der Waals surface area contributed by atoms with Gasteiger partial charge in [-0.2, -0.15) is 0 Å². The molecular weight excluding hydrogens is 252 g/mol. The summed E-state index contributed by atoms with van der Waals surface area (Å²) < 4.78 is 4.84. The van der Waals surface area contributed by atoms with Gasteiger partial charge in [-0.1, -0.05) is 54.6 Å². The molecule has 0 aliphatic carbocycles. The molecule has 0 radical (unpaired) electrons. The average molecular weight is 272 g/mol. The van der Waals surface area contributed by atoms with E-state index in [1.54, 1.807) is 0 Å². The van der Waals surface area contributed by atoms with Crippen molar-refractivity contribution in [3.8, 4) is 0 Å². The summed E-state index contributed by atoms with van der Waals surface area (Å²) >= 11 is 0. The van der Waals surface area contributed by atoms with Crippen molar-refractivity contribution in [3.63, 3.8) is 0 Å². The Morgan fingerprint density at radius 3 is 2.10 bits per heavy atom. The van der Waals surface area contributed by atoms with E-state index in [1.165, 1.54) is 18.2 Å². The molecule has 2 rings (SSSR count). The molecule has 3 nitrogen and oxygen atoms in total. The fraction of sp³-hybridized carbons (Fsp3) is 0.294. The van der Waals surface area contributed by atoms with Crippen molar-refractivity contribution in [3.05, 3.63) is 71.3 Å². The first-order chi connectivity index (χ1) is 9.70. The van der Waals surface area contributed by atoms with Crippen molar-refractivity contribution in [2.45, 2.75) is 18.6 Å². The zero-order valence-corrected chi connectivity index (χ0v) is 11.6. The maximum absolute atomic E-state index is 9.97. The Kier molecular flexibility index (Phi) is 5.30. The summed E-state index contributed by atoms with van der Waals surface area (Å²) in [7, 11) is 1.50. The van der Waals surface area contributed by atoms with Crippen LogP contribution in [0.15, 0.2) is 54.6 Å². The molecular formula is C17H20O3. The Balaban J connectivity index is 2.03. The number of ether oxygens (including phenoxy) is 1. The van der Waals surface area contributed by atoms with E-state index in [9.17, 15) is 10.2 Å². The first-order valence-corrected chi connectivity index (χ1v) is 6.68. The van der Waals surface area contributed by atoms with Gasteiger partial charge in [0, 0.05) is 7.11 Å². The third kappa shape index (κ3) is 3.90. The van der Waals surface area contributed by atoms with Crippen LogP contribution in [-0.4, -0.2) is 30.0 Å². The van der Waals surface area contributed by atoms with Crippen LogP contribution in [0.4, 0.5) is 0 Å². The fourth-order valence-electron chi connectivity index (χ4n) is 2.15. The first-order valence-electron chi connectivity index (χ1n) is 6.68. The van der Waals surface area contributed by atoms with E-state index in [2.05, 4.69) is 12.1 Å².